The van der Waals surface area contributed by atoms with Crippen LogP contribution in [0.1, 0.15) is 10.4 Å². The lowest BCUT2D eigenvalue weighted by atomic mass is 10.3. The highest BCUT2D eigenvalue weighted by atomic mass is 16.1. The van der Waals surface area contributed by atoms with Gasteiger partial charge in [0.1, 0.15) is 0 Å². The van der Waals surface area contributed by atoms with Crippen molar-refractivity contribution in [3.05, 3.63) is 44.7 Å². The second kappa shape index (κ2) is 5.46. The van der Waals surface area contributed by atoms with Crippen molar-refractivity contribution in [1.29, 1.82) is 0 Å². The van der Waals surface area contributed by atoms with Crippen molar-refractivity contribution in [3.63, 3.8) is 0 Å². The Labute approximate surface area is 84.8 Å². The molecule has 7 nitrogen and oxygen atoms in total. The Hall–Kier alpha value is -2.27. The Morgan fingerprint density at radius 2 is 2.40 bits per heavy atom. The van der Waals surface area contributed by atoms with Crippen LogP contribution in [0.3, 0.4) is 0 Å². The topological polar surface area (TPSA) is 111 Å². The van der Waals surface area contributed by atoms with Crippen LogP contribution in [0.4, 0.5) is 0 Å². The largest absolute Gasteiger partial charge is 0.352 e. The van der Waals surface area contributed by atoms with E-state index in [1.54, 1.807) is 0 Å². The fourth-order valence-electron chi connectivity index (χ4n) is 0.918. The average Bonchev–Trinajstić information content (AvgIpc) is 2.25. The first-order valence-corrected chi connectivity index (χ1v) is 4.22. The van der Waals surface area contributed by atoms with E-state index in [1.165, 1.54) is 18.3 Å². The van der Waals surface area contributed by atoms with E-state index < -0.39 is 0 Å². The fourth-order valence-corrected chi connectivity index (χ4v) is 0.918. The molecule has 0 atom stereocenters. The minimum Gasteiger partial charge on any atom is -0.352 e. The van der Waals surface area contributed by atoms with Gasteiger partial charge in [-0.2, -0.15) is 0 Å². The van der Waals surface area contributed by atoms with E-state index in [9.17, 15) is 9.59 Å². The molecule has 1 aromatic heterocycles. The molecule has 15 heavy (non-hydrogen) atoms. The minimum absolute atomic E-state index is 0.200. The second-order valence-electron chi connectivity index (χ2n) is 2.65. The van der Waals surface area contributed by atoms with Crippen LogP contribution in [0, 0.1) is 0 Å². The van der Waals surface area contributed by atoms with Crippen LogP contribution in [-0.2, 0) is 0 Å². The number of aromatic amines is 1. The quantitative estimate of drug-likeness (QED) is 0.322. The SMILES string of the molecule is [N-]=[N+]=NCCNC(=O)c1ccc(=O)[nH]c1. The van der Waals surface area contributed by atoms with Gasteiger partial charge in [-0.05, 0) is 11.6 Å². The van der Waals surface area contributed by atoms with Crippen LogP contribution in [-0.4, -0.2) is 24.0 Å². The molecular weight excluding hydrogens is 198 g/mol. The van der Waals surface area contributed by atoms with Crippen molar-refractivity contribution in [2.45, 2.75) is 0 Å². The molecule has 0 aliphatic rings. The lowest BCUT2D eigenvalue weighted by molar-refractivity contribution is 0.0954. The molecule has 0 unspecified atom stereocenters. The summed E-state index contributed by atoms with van der Waals surface area (Å²) in [6.45, 7) is 0.466. The normalized spacial score (nSPS) is 9.07. The molecule has 1 rings (SSSR count). The third-order valence-corrected chi connectivity index (χ3v) is 1.61. The van der Waals surface area contributed by atoms with E-state index in [4.69, 9.17) is 5.53 Å². The number of amides is 1. The molecule has 0 saturated carbocycles. The van der Waals surface area contributed by atoms with Gasteiger partial charge in [-0.1, -0.05) is 5.11 Å². The third-order valence-electron chi connectivity index (χ3n) is 1.61. The highest BCUT2D eigenvalue weighted by Crippen LogP contribution is 1.91. The summed E-state index contributed by atoms with van der Waals surface area (Å²) in [4.78, 5) is 27.0. The number of hydrogen-bond acceptors (Lipinski definition) is 3. The Morgan fingerprint density at radius 3 is 3.00 bits per heavy atom. The van der Waals surface area contributed by atoms with Crippen LogP contribution in [0.2, 0.25) is 0 Å². The van der Waals surface area contributed by atoms with Crippen molar-refractivity contribution in [1.82, 2.24) is 10.3 Å². The molecule has 78 valence electrons. The lowest BCUT2D eigenvalue weighted by Crippen LogP contribution is -2.26. The van der Waals surface area contributed by atoms with Gasteiger partial charge in [-0.3, -0.25) is 9.59 Å². The maximum absolute atomic E-state index is 11.4. The van der Waals surface area contributed by atoms with Crippen LogP contribution < -0.4 is 10.9 Å². The number of azide groups is 1. The van der Waals surface area contributed by atoms with E-state index in [2.05, 4.69) is 20.3 Å². The first-order chi connectivity index (χ1) is 7.24. The summed E-state index contributed by atoms with van der Waals surface area (Å²) in [6, 6.07) is 2.68. The average molecular weight is 207 g/mol. The summed E-state index contributed by atoms with van der Waals surface area (Å²) >= 11 is 0. The molecule has 1 heterocycles. The van der Waals surface area contributed by atoms with Crippen LogP contribution >= 0.6 is 0 Å². The Kier molecular flexibility index (Phi) is 3.93. The first kappa shape index (κ1) is 10.8. The van der Waals surface area contributed by atoms with E-state index in [0.29, 0.717) is 5.56 Å². The number of rotatable bonds is 4. The predicted octanol–water partition coefficient (Wildman–Crippen LogP) is 0.415. The van der Waals surface area contributed by atoms with Gasteiger partial charge in [0.05, 0.1) is 5.56 Å². The minimum atomic E-state index is -0.320. The van der Waals surface area contributed by atoms with Crippen LogP contribution in [0.15, 0.2) is 28.2 Å². The molecule has 7 heteroatoms. The van der Waals surface area contributed by atoms with Gasteiger partial charge in [-0.15, -0.1) is 0 Å². The zero-order chi connectivity index (χ0) is 11.1. The fraction of sp³-hybridized carbons (Fsp3) is 0.250. The predicted molar refractivity (Wildman–Crippen MR) is 53.4 cm³/mol. The van der Waals surface area contributed by atoms with Crippen LogP contribution in [0.5, 0.6) is 0 Å². The van der Waals surface area contributed by atoms with Crippen molar-refractivity contribution in [2.75, 3.05) is 13.1 Å². The van der Waals surface area contributed by atoms with Gasteiger partial charge in [0.15, 0.2) is 0 Å². The molecule has 1 amide bonds. The number of carbonyl (C=O) groups excluding carboxylic acids is 1. The molecule has 0 saturated heterocycles. The van der Waals surface area contributed by atoms with E-state index in [0.717, 1.165) is 0 Å². The second-order valence-corrected chi connectivity index (χ2v) is 2.65. The molecule has 0 radical (unpaired) electrons. The number of pyridine rings is 1. The lowest BCUT2D eigenvalue weighted by Gasteiger charge is -2.01. The number of carbonyl (C=O) groups is 1. The van der Waals surface area contributed by atoms with Crippen molar-refractivity contribution >= 4 is 5.91 Å². The first-order valence-electron chi connectivity index (χ1n) is 4.22. The van der Waals surface area contributed by atoms with Gasteiger partial charge in [-0.25, -0.2) is 0 Å². The van der Waals surface area contributed by atoms with Crippen LogP contribution in [0.25, 0.3) is 10.4 Å². The highest BCUT2D eigenvalue weighted by Gasteiger charge is 2.03. The summed E-state index contributed by atoms with van der Waals surface area (Å²) in [6.07, 6.45) is 1.32. The number of aromatic nitrogens is 1. The van der Waals surface area contributed by atoms with E-state index in [-0.39, 0.29) is 24.6 Å². The zero-order valence-corrected chi connectivity index (χ0v) is 7.80. The van der Waals surface area contributed by atoms with Gasteiger partial charge in [0.2, 0.25) is 5.56 Å². The number of H-pyrrole nitrogens is 1. The maximum atomic E-state index is 11.4. The molecule has 2 N–H and O–H groups in total. The smallest absolute Gasteiger partial charge is 0.252 e. The van der Waals surface area contributed by atoms with Crippen molar-refractivity contribution in [3.8, 4) is 0 Å². The molecule has 0 spiro atoms. The van der Waals surface area contributed by atoms with Gasteiger partial charge in [0.25, 0.3) is 5.91 Å². The summed E-state index contributed by atoms with van der Waals surface area (Å²) in [5, 5.41) is 5.79. The molecular formula is C8H9N5O2. The molecule has 0 aliphatic heterocycles. The van der Waals surface area contributed by atoms with E-state index >= 15 is 0 Å². The molecule has 0 bridgehead atoms. The molecule has 0 fully saturated rings. The highest BCUT2D eigenvalue weighted by molar-refractivity contribution is 5.93. The monoisotopic (exact) mass is 207 g/mol. The van der Waals surface area contributed by atoms with E-state index in [1.807, 2.05) is 0 Å². The molecule has 0 aromatic carbocycles. The Morgan fingerprint density at radius 1 is 1.60 bits per heavy atom. The summed E-state index contributed by atoms with van der Waals surface area (Å²) in [5.74, 6) is -0.320. The van der Waals surface area contributed by atoms with Gasteiger partial charge in [0, 0.05) is 30.3 Å². The maximum Gasteiger partial charge on any atom is 0.252 e. The Balaban J connectivity index is 2.50. The molecule has 0 aliphatic carbocycles. The summed E-state index contributed by atoms with van der Waals surface area (Å²) in [7, 11) is 0. The summed E-state index contributed by atoms with van der Waals surface area (Å²) < 4.78 is 0. The van der Waals surface area contributed by atoms with Crippen molar-refractivity contribution in [2.24, 2.45) is 5.11 Å². The standard InChI is InChI=1S/C8H9N5O2/c9-13-12-4-3-10-8(15)6-1-2-7(14)11-5-6/h1-2,5H,3-4H2,(H,10,15)(H,11,14). The Bertz CT molecular complexity index is 426. The number of nitrogens with one attached hydrogen (secondary N) is 2. The molecule has 1 aromatic rings. The number of hydrogen-bond donors (Lipinski definition) is 2. The third kappa shape index (κ3) is 3.53. The van der Waals surface area contributed by atoms with Crippen molar-refractivity contribution < 1.29 is 4.79 Å². The number of nitrogens with zero attached hydrogens (tertiary/aromatic N) is 3. The van der Waals surface area contributed by atoms with Gasteiger partial charge >= 0.3 is 0 Å². The van der Waals surface area contributed by atoms with Gasteiger partial charge < -0.3 is 10.3 Å². The zero-order valence-electron chi connectivity index (χ0n) is 7.80. The summed E-state index contributed by atoms with van der Waals surface area (Å²) in [5.41, 5.74) is 8.08.